The van der Waals surface area contributed by atoms with Crippen molar-refractivity contribution in [1.29, 1.82) is 0 Å². The van der Waals surface area contributed by atoms with Crippen LogP contribution in [0.25, 0.3) is 0 Å². The molecule has 5 heteroatoms. The Morgan fingerprint density at radius 2 is 2.08 bits per heavy atom. The molecule has 2 amide bonds. The fraction of sp³-hybridized carbons (Fsp3) is 0.600. The molecule has 0 spiro atoms. The Labute approximate surface area is 149 Å². The standard InChI is InChI=1S/C20H28N2O3/c1-14(2)12-22-13-15(10-19(22)23)20(24)21-16-6-5-9-18(11-16)25-17-7-3-4-8-17/h5-6,9,11,14-15,17H,3-4,7-8,10,12-13H2,1-2H3,(H,21,24)/t15-/m1/s1. The molecule has 0 unspecified atom stereocenters. The van der Waals surface area contributed by atoms with Gasteiger partial charge in [-0.3, -0.25) is 9.59 Å². The van der Waals surface area contributed by atoms with Crippen molar-refractivity contribution in [3.05, 3.63) is 24.3 Å². The number of hydrogen-bond donors (Lipinski definition) is 1. The van der Waals surface area contributed by atoms with Gasteiger partial charge in [0.25, 0.3) is 0 Å². The van der Waals surface area contributed by atoms with Crippen LogP contribution in [-0.2, 0) is 9.59 Å². The number of carbonyl (C=O) groups excluding carboxylic acids is 2. The van der Waals surface area contributed by atoms with Gasteiger partial charge in [0.05, 0.1) is 12.0 Å². The predicted molar refractivity (Wildman–Crippen MR) is 97.5 cm³/mol. The van der Waals surface area contributed by atoms with E-state index in [1.165, 1.54) is 12.8 Å². The molecule has 1 heterocycles. The Bertz CT molecular complexity index is 623. The number of nitrogens with one attached hydrogen (secondary N) is 1. The maximum absolute atomic E-state index is 12.5. The second kappa shape index (κ2) is 7.89. The van der Waals surface area contributed by atoms with E-state index in [1.807, 2.05) is 24.3 Å². The van der Waals surface area contributed by atoms with Gasteiger partial charge in [-0.05, 0) is 43.7 Å². The van der Waals surface area contributed by atoms with Crippen LogP contribution in [0.1, 0.15) is 46.0 Å². The molecule has 0 aromatic heterocycles. The molecule has 1 saturated carbocycles. The Balaban J connectivity index is 1.56. The van der Waals surface area contributed by atoms with Gasteiger partial charge >= 0.3 is 0 Å². The molecular weight excluding hydrogens is 316 g/mol. The minimum Gasteiger partial charge on any atom is -0.490 e. The number of anilines is 1. The van der Waals surface area contributed by atoms with E-state index in [4.69, 9.17) is 4.74 Å². The fourth-order valence-electron chi connectivity index (χ4n) is 3.66. The van der Waals surface area contributed by atoms with Crippen molar-refractivity contribution in [2.45, 2.75) is 52.1 Å². The summed E-state index contributed by atoms with van der Waals surface area (Å²) in [7, 11) is 0. The maximum Gasteiger partial charge on any atom is 0.229 e. The van der Waals surface area contributed by atoms with Gasteiger partial charge in [-0.15, -0.1) is 0 Å². The molecule has 0 bridgehead atoms. The van der Waals surface area contributed by atoms with Crippen LogP contribution < -0.4 is 10.1 Å². The normalized spacial score (nSPS) is 21.2. The number of amides is 2. The van der Waals surface area contributed by atoms with Crippen molar-refractivity contribution in [2.75, 3.05) is 18.4 Å². The first kappa shape index (κ1) is 17.8. The Morgan fingerprint density at radius 3 is 2.80 bits per heavy atom. The lowest BCUT2D eigenvalue weighted by molar-refractivity contribution is -0.128. The number of benzene rings is 1. The average Bonchev–Trinajstić information content (AvgIpc) is 3.18. The van der Waals surface area contributed by atoms with Gasteiger partial charge in [0.15, 0.2) is 0 Å². The summed E-state index contributed by atoms with van der Waals surface area (Å²) >= 11 is 0. The van der Waals surface area contributed by atoms with Gasteiger partial charge in [0, 0.05) is 31.3 Å². The zero-order chi connectivity index (χ0) is 17.8. The number of likely N-dealkylation sites (tertiary alicyclic amines) is 1. The van der Waals surface area contributed by atoms with Crippen LogP contribution >= 0.6 is 0 Å². The smallest absolute Gasteiger partial charge is 0.229 e. The van der Waals surface area contributed by atoms with Crippen molar-refractivity contribution < 1.29 is 14.3 Å². The summed E-state index contributed by atoms with van der Waals surface area (Å²) in [6.07, 6.45) is 5.26. The van der Waals surface area contributed by atoms with E-state index in [0.717, 1.165) is 24.3 Å². The van der Waals surface area contributed by atoms with E-state index in [1.54, 1.807) is 4.90 Å². The zero-order valence-electron chi connectivity index (χ0n) is 15.2. The average molecular weight is 344 g/mol. The van der Waals surface area contributed by atoms with Crippen molar-refractivity contribution in [2.24, 2.45) is 11.8 Å². The third kappa shape index (κ3) is 4.74. The fourth-order valence-corrected chi connectivity index (χ4v) is 3.66. The van der Waals surface area contributed by atoms with E-state index in [0.29, 0.717) is 31.5 Å². The van der Waals surface area contributed by atoms with E-state index in [-0.39, 0.29) is 17.7 Å². The Morgan fingerprint density at radius 1 is 1.32 bits per heavy atom. The minimum absolute atomic E-state index is 0.0761. The first-order chi connectivity index (χ1) is 12.0. The highest BCUT2D eigenvalue weighted by molar-refractivity contribution is 5.97. The summed E-state index contributed by atoms with van der Waals surface area (Å²) in [6, 6.07) is 7.56. The lowest BCUT2D eigenvalue weighted by Gasteiger charge is -2.19. The largest absolute Gasteiger partial charge is 0.490 e. The number of nitrogens with zero attached hydrogens (tertiary/aromatic N) is 1. The molecule has 3 rings (SSSR count). The van der Waals surface area contributed by atoms with Crippen molar-refractivity contribution in [3.8, 4) is 5.75 Å². The number of ether oxygens (including phenoxy) is 1. The summed E-state index contributed by atoms with van der Waals surface area (Å²) in [5.41, 5.74) is 0.732. The quantitative estimate of drug-likeness (QED) is 0.860. The highest BCUT2D eigenvalue weighted by Gasteiger charge is 2.34. The van der Waals surface area contributed by atoms with Crippen molar-refractivity contribution >= 4 is 17.5 Å². The van der Waals surface area contributed by atoms with Crippen LogP contribution in [-0.4, -0.2) is 35.9 Å². The topological polar surface area (TPSA) is 58.6 Å². The Kier molecular flexibility index (Phi) is 5.61. The highest BCUT2D eigenvalue weighted by atomic mass is 16.5. The molecular formula is C20H28N2O3. The first-order valence-corrected chi connectivity index (χ1v) is 9.36. The first-order valence-electron chi connectivity index (χ1n) is 9.36. The third-order valence-corrected chi connectivity index (χ3v) is 4.88. The van der Waals surface area contributed by atoms with E-state index in [2.05, 4.69) is 19.2 Å². The van der Waals surface area contributed by atoms with Crippen molar-refractivity contribution in [1.82, 2.24) is 4.90 Å². The molecule has 1 N–H and O–H groups in total. The highest BCUT2D eigenvalue weighted by Crippen LogP contribution is 2.26. The summed E-state index contributed by atoms with van der Waals surface area (Å²) in [5.74, 6) is 0.930. The molecule has 1 aliphatic heterocycles. The molecule has 2 aliphatic rings. The summed E-state index contributed by atoms with van der Waals surface area (Å²) in [6.45, 7) is 5.39. The third-order valence-electron chi connectivity index (χ3n) is 4.88. The monoisotopic (exact) mass is 344 g/mol. The van der Waals surface area contributed by atoms with Crippen LogP contribution in [0.5, 0.6) is 5.75 Å². The summed E-state index contributed by atoms with van der Waals surface area (Å²) in [4.78, 5) is 26.4. The van der Waals surface area contributed by atoms with Gasteiger partial charge in [0.1, 0.15) is 5.75 Å². The van der Waals surface area contributed by atoms with E-state index < -0.39 is 0 Å². The molecule has 1 aliphatic carbocycles. The van der Waals surface area contributed by atoms with Gasteiger partial charge < -0.3 is 15.0 Å². The Hall–Kier alpha value is -2.04. The van der Waals surface area contributed by atoms with Gasteiger partial charge in [-0.2, -0.15) is 0 Å². The van der Waals surface area contributed by atoms with E-state index in [9.17, 15) is 9.59 Å². The lowest BCUT2D eigenvalue weighted by atomic mass is 10.1. The lowest BCUT2D eigenvalue weighted by Crippen LogP contribution is -2.31. The maximum atomic E-state index is 12.5. The zero-order valence-corrected chi connectivity index (χ0v) is 15.2. The van der Waals surface area contributed by atoms with Crippen LogP contribution in [0.3, 0.4) is 0 Å². The van der Waals surface area contributed by atoms with Gasteiger partial charge in [-0.25, -0.2) is 0 Å². The van der Waals surface area contributed by atoms with Crippen LogP contribution in [0.4, 0.5) is 5.69 Å². The molecule has 1 atom stereocenters. The van der Waals surface area contributed by atoms with Crippen LogP contribution in [0.2, 0.25) is 0 Å². The number of carbonyl (C=O) groups is 2. The summed E-state index contributed by atoms with van der Waals surface area (Å²) in [5, 5.41) is 2.95. The van der Waals surface area contributed by atoms with Gasteiger partial charge in [0.2, 0.25) is 11.8 Å². The predicted octanol–water partition coefficient (Wildman–Crippen LogP) is 3.45. The minimum atomic E-state index is -0.273. The van der Waals surface area contributed by atoms with Crippen molar-refractivity contribution in [3.63, 3.8) is 0 Å². The molecule has 1 aromatic carbocycles. The molecule has 5 nitrogen and oxygen atoms in total. The second-order valence-electron chi connectivity index (χ2n) is 7.64. The molecule has 25 heavy (non-hydrogen) atoms. The SMILES string of the molecule is CC(C)CN1C[C@H](C(=O)Nc2cccc(OC3CCCC3)c2)CC1=O. The van der Waals surface area contributed by atoms with E-state index >= 15 is 0 Å². The molecule has 1 aromatic rings. The molecule has 2 fully saturated rings. The van der Waals surface area contributed by atoms with Gasteiger partial charge in [-0.1, -0.05) is 19.9 Å². The number of hydrogen-bond acceptors (Lipinski definition) is 3. The van der Waals surface area contributed by atoms with Crippen LogP contribution in [0, 0.1) is 11.8 Å². The van der Waals surface area contributed by atoms with Crippen LogP contribution in [0.15, 0.2) is 24.3 Å². The summed E-state index contributed by atoms with van der Waals surface area (Å²) < 4.78 is 5.99. The molecule has 136 valence electrons. The molecule has 1 saturated heterocycles. The molecule has 0 radical (unpaired) electrons. The second-order valence-corrected chi connectivity index (χ2v) is 7.64. The number of rotatable bonds is 6.